The van der Waals surface area contributed by atoms with Gasteiger partial charge in [0.15, 0.2) is 0 Å². The highest BCUT2D eigenvalue weighted by molar-refractivity contribution is 5.77. The van der Waals surface area contributed by atoms with E-state index >= 15 is 0 Å². The van der Waals surface area contributed by atoms with Crippen LogP contribution in [0.25, 0.3) is 0 Å². The Morgan fingerprint density at radius 2 is 2.00 bits per heavy atom. The van der Waals surface area contributed by atoms with Crippen molar-refractivity contribution >= 4 is 11.8 Å². The molecular formula is C21H31N3O2. The Hall–Kier alpha value is -1.88. The first-order valence-electron chi connectivity index (χ1n) is 9.95. The predicted molar refractivity (Wildman–Crippen MR) is 102 cm³/mol. The minimum atomic E-state index is 0.115. The van der Waals surface area contributed by atoms with Crippen LogP contribution in [-0.4, -0.2) is 36.3 Å². The van der Waals surface area contributed by atoms with E-state index in [4.69, 9.17) is 0 Å². The number of piperidine rings is 1. The predicted octanol–water partition coefficient (Wildman–Crippen LogP) is 2.45. The van der Waals surface area contributed by atoms with Crippen LogP contribution < -0.4 is 10.6 Å². The summed E-state index contributed by atoms with van der Waals surface area (Å²) in [7, 11) is 0. The molecule has 0 aromatic heterocycles. The van der Waals surface area contributed by atoms with E-state index in [0.29, 0.717) is 50.7 Å². The topological polar surface area (TPSA) is 61.4 Å². The Balaban J connectivity index is 1.30. The third-order valence-corrected chi connectivity index (χ3v) is 5.73. The third kappa shape index (κ3) is 5.07. The molecule has 5 heteroatoms. The third-order valence-electron chi connectivity index (χ3n) is 5.73. The normalized spacial score (nSPS) is 20.5. The van der Waals surface area contributed by atoms with Crippen molar-refractivity contribution in [2.24, 2.45) is 11.8 Å². The van der Waals surface area contributed by atoms with Gasteiger partial charge in [-0.25, -0.2) is 0 Å². The fourth-order valence-electron chi connectivity index (χ4n) is 4.03. The van der Waals surface area contributed by atoms with E-state index in [9.17, 15) is 9.59 Å². The van der Waals surface area contributed by atoms with Gasteiger partial charge in [0.05, 0.1) is 0 Å². The molecule has 2 aliphatic heterocycles. The van der Waals surface area contributed by atoms with E-state index in [0.717, 1.165) is 13.1 Å². The summed E-state index contributed by atoms with van der Waals surface area (Å²) in [6.45, 7) is 6.32. The molecule has 2 heterocycles. The molecule has 0 bridgehead atoms. The molecule has 1 saturated heterocycles. The smallest absolute Gasteiger partial charge is 0.223 e. The molecular weight excluding hydrogens is 326 g/mol. The van der Waals surface area contributed by atoms with Gasteiger partial charge < -0.3 is 15.5 Å². The molecule has 2 amide bonds. The summed E-state index contributed by atoms with van der Waals surface area (Å²) < 4.78 is 0. The molecule has 3 rings (SSSR count). The highest BCUT2D eigenvalue weighted by atomic mass is 16.2. The van der Waals surface area contributed by atoms with Gasteiger partial charge in [0.25, 0.3) is 0 Å². The fraction of sp³-hybridized carbons (Fsp3) is 0.619. The SMILES string of the molecule is CC(CC(=O)NCCCC(=O)N1Cc2ccccc2C1)C1CCCNC1. The number of amides is 2. The molecule has 1 aromatic carbocycles. The second-order valence-corrected chi connectivity index (χ2v) is 7.76. The zero-order valence-electron chi connectivity index (χ0n) is 15.8. The maximum atomic E-state index is 12.3. The zero-order chi connectivity index (χ0) is 18.4. The van der Waals surface area contributed by atoms with Crippen molar-refractivity contribution in [1.29, 1.82) is 0 Å². The number of nitrogens with zero attached hydrogens (tertiary/aromatic N) is 1. The minimum absolute atomic E-state index is 0.115. The highest BCUT2D eigenvalue weighted by Crippen LogP contribution is 2.23. The number of carbonyl (C=O) groups excluding carboxylic acids is 2. The average Bonchev–Trinajstić information content (AvgIpc) is 3.10. The Morgan fingerprint density at radius 3 is 2.65 bits per heavy atom. The molecule has 2 atom stereocenters. The summed E-state index contributed by atoms with van der Waals surface area (Å²) >= 11 is 0. The fourth-order valence-corrected chi connectivity index (χ4v) is 4.03. The van der Waals surface area contributed by atoms with E-state index in [-0.39, 0.29) is 11.8 Å². The van der Waals surface area contributed by atoms with Crippen LogP contribution in [0.4, 0.5) is 0 Å². The molecule has 0 radical (unpaired) electrons. The largest absolute Gasteiger partial charge is 0.356 e. The van der Waals surface area contributed by atoms with Gasteiger partial charge in [0.1, 0.15) is 0 Å². The Kier molecular flexibility index (Phi) is 6.67. The van der Waals surface area contributed by atoms with Crippen LogP contribution in [-0.2, 0) is 22.7 Å². The monoisotopic (exact) mass is 357 g/mol. The van der Waals surface area contributed by atoms with Crippen LogP contribution in [0.2, 0.25) is 0 Å². The van der Waals surface area contributed by atoms with Crippen LogP contribution in [0.3, 0.4) is 0 Å². The number of hydrogen-bond donors (Lipinski definition) is 2. The van der Waals surface area contributed by atoms with Gasteiger partial charge in [-0.1, -0.05) is 31.2 Å². The van der Waals surface area contributed by atoms with Gasteiger partial charge >= 0.3 is 0 Å². The molecule has 1 fully saturated rings. The average molecular weight is 357 g/mol. The van der Waals surface area contributed by atoms with Crippen molar-refractivity contribution in [3.8, 4) is 0 Å². The molecule has 5 nitrogen and oxygen atoms in total. The molecule has 0 aliphatic carbocycles. The summed E-state index contributed by atoms with van der Waals surface area (Å²) in [5, 5.41) is 6.40. The van der Waals surface area contributed by atoms with Crippen molar-refractivity contribution in [3.63, 3.8) is 0 Å². The Bertz CT molecular complexity index is 600. The van der Waals surface area contributed by atoms with Crippen molar-refractivity contribution in [1.82, 2.24) is 15.5 Å². The van der Waals surface area contributed by atoms with Gasteiger partial charge in [-0.3, -0.25) is 9.59 Å². The number of carbonyl (C=O) groups is 2. The molecule has 2 N–H and O–H groups in total. The van der Waals surface area contributed by atoms with Crippen molar-refractivity contribution in [3.05, 3.63) is 35.4 Å². The summed E-state index contributed by atoms with van der Waals surface area (Å²) in [4.78, 5) is 26.4. The van der Waals surface area contributed by atoms with Gasteiger partial charge in [-0.05, 0) is 55.3 Å². The highest BCUT2D eigenvalue weighted by Gasteiger charge is 2.23. The first-order chi connectivity index (χ1) is 12.6. The van der Waals surface area contributed by atoms with Crippen molar-refractivity contribution < 1.29 is 9.59 Å². The first kappa shape index (κ1) is 18.9. The van der Waals surface area contributed by atoms with Crippen LogP contribution in [0, 0.1) is 11.8 Å². The number of rotatable bonds is 7. The molecule has 2 unspecified atom stereocenters. The number of benzene rings is 1. The summed E-state index contributed by atoms with van der Waals surface area (Å²) in [6.07, 6.45) is 4.21. The lowest BCUT2D eigenvalue weighted by Crippen LogP contribution is -2.36. The summed E-state index contributed by atoms with van der Waals surface area (Å²) in [5.41, 5.74) is 2.50. The molecule has 0 saturated carbocycles. The van der Waals surface area contributed by atoms with Crippen LogP contribution >= 0.6 is 0 Å². The van der Waals surface area contributed by atoms with Gasteiger partial charge in [0, 0.05) is 32.5 Å². The Morgan fingerprint density at radius 1 is 1.27 bits per heavy atom. The maximum absolute atomic E-state index is 12.3. The second-order valence-electron chi connectivity index (χ2n) is 7.76. The Labute approximate surface area is 156 Å². The summed E-state index contributed by atoms with van der Waals surface area (Å²) in [6, 6.07) is 8.22. The van der Waals surface area contributed by atoms with E-state index in [2.05, 4.69) is 29.7 Å². The quantitative estimate of drug-likeness (QED) is 0.737. The lowest BCUT2D eigenvalue weighted by Gasteiger charge is -2.28. The van der Waals surface area contributed by atoms with E-state index in [1.54, 1.807) is 0 Å². The van der Waals surface area contributed by atoms with Gasteiger partial charge in [-0.2, -0.15) is 0 Å². The standard InChI is InChI=1S/C21H31N3O2/c1-16(17-8-4-10-22-13-17)12-20(25)23-11-5-9-21(26)24-14-18-6-2-3-7-19(18)15-24/h2-3,6-7,16-17,22H,4-5,8-15H2,1H3,(H,23,25). The number of fused-ring (bicyclic) bond motifs is 1. The summed E-state index contributed by atoms with van der Waals surface area (Å²) in [5.74, 6) is 1.31. The number of hydrogen-bond acceptors (Lipinski definition) is 3. The lowest BCUT2D eigenvalue weighted by atomic mass is 9.85. The van der Waals surface area contributed by atoms with Crippen LogP contribution in [0.5, 0.6) is 0 Å². The minimum Gasteiger partial charge on any atom is -0.356 e. The zero-order valence-corrected chi connectivity index (χ0v) is 15.8. The second kappa shape index (κ2) is 9.17. The van der Waals surface area contributed by atoms with Crippen molar-refractivity contribution in [2.75, 3.05) is 19.6 Å². The van der Waals surface area contributed by atoms with E-state index in [1.165, 1.54) is 24.0 Å². The lowest BCUT2D eigenvalue weighted by molar-refractivity contribution is -0.132. The van der Waals surface area contributed by atoms with Gasteiger partial charge in [0.2, 0.25) is 11.8 Å². The van der Waals surface area contributed by atoms with E-state index in [1.807, 2.05) is 17.0 Å². The molecule has 26 heavy (non-hydrogen) atoms. The molecule has 0 spiro atoms. The first-order valence-corrected chi connectivity index (χ1v) is 9.95. The molecule has 1 aromatic rings. The molecule has 2 aliphatic rings. The number of nitrogens with one attached hydrogen (secondary N) is 2. The van der Waals surface area contributed by atoms with E-state index < -0.39 is 0 Å². The molecule has 142 valence electrons. The van der Waals surface area contributed by atoms with Crippen molar-refractivity contribution in [2.45, 2.75) is 52.1 Å². The maximum Gasteiger partial charge on any atom is 0.223 e. The van der Waals surface area contributed by atoms with Crippen LogP contribution in [0.1, 0.15) is 50.2 Å². The van der Waals surface area contributed by atoms with Crippen LogP contribution in [0.15, 0.2) is 24.3 Å². The van der Waals surface area contributed by atoms with Gasteiger partial charge in [-0.15, -0.1) is 0 Å².